The number of piperidine rings is 1. The first-order valence-corrected chi connectivity index (χ1v) is 10.3. The Hall–Kier alpha value is -3.13. The number of amidine groups is 1. The Kier molecular flexibility index (Phi) is 5.59. The van der Waals surface area contributed by atoms with E-state index in [-0.39, 0.29) is 11.5 Å². The predicted octanol–water partition coefficient (Wildman–Crippen LogP) is 2.98. The molecule has 4 rings (SSSR count). The number of rotatable bonds is 5. The van der Waals surface area contributed by atoms with Crippen molar-refractivity contribution in [1.82, 2.24) is 14.7 Å². The largest absolute Gasteiger partial charge is 0.398 e. The van der Waals surface area contributed by atoms with Crippen LogP contribution < -0.4 is 21.7 Å². The molecule has 0 aliphatic carbocycles. The van der Waals surface area contributed by atoms with Gasteiger partial charge in [-0.05, 0) is 44.5 Å². The normalized spacial score (nSPS) is 15.8. The zero-order chi connectivity index (χ0) is 21.3. The summed E-state index contributed by atoms with van der Waals surface area (Å²) in [4.78, 5) is 10.9. The summed E-state index contributed by atoms with van der Waals surface area (Å²) >= 11 is 0. The molecule has 0 spiro atoms. The molecular formula is C22H28FN7. The van der Waals surface area contributed by atoms with Gasteiger partial charge in [0.2, 0.25) is 0 Å². The molecule has 3 heterocycles. The summed E-state index contributed by atoms with van der Waals surface area (Å²) in [6.07, 6.45) is 5.67. The highest BCUT2D eigenvalue weighted by atomic mass is 19.1. The quantitative estimate of drug-likeness (QED) is 0.342. The zero-order valence-electron chi connectivity index (χ0n) is 17.4. The molecule has 0 unspecified atom stereocenters. The van der Waals surface area contributed by atoms with Crippen LogP contribution in [0.5, 0.6) is 0 Å². The van der Waals surface area contributed by atoms with Crippen molar-refractivity contribution >= 4 is 28.5 Å². The van der Waals surface area contributed by atoms with Gasteiger partial charge in [0.25, 0.3) is 0 Å². The number of fused-ring (bicyclic) bond motifs is 1. The minimum absolute atomic E-state index is 0.250. The number of nitrogens with zero attached hydrogens (tertiary/aromatic N) is 4. The number of pyridine rings is 1. The van der Waals surface area contributed by atoms with Gasteiger partial charge in [0.05, 0.1) is 11.4 Å². The second-order valence-corrected chi connectivity index (χ2v) is 7.75. The van der Waals surface area contributed by atoms with Gasteiger partial charge in [-0.15, -0.1) is 0 Å². The van der Waals surface area contributed by atoms with Gasteiger partial charge in [0, 0.05) is 54.5 Å². The number of aliphatic imine (C=N–C) groups is 1. The molecule has 8 heteroatoms. The lowest BCUT2D eigenvalue weighted by Crippen LogP contribution is -2.42. The molecule has 1 fully saturated rings. The van der Waals surface area contributed by atoms with Gasteiger partial charge in [0.15, 0.2) is 11.5 Å². The molecule has 1 saturated heterocycles. The van der Waals surface area contributed by atoms with Gasteiger partial charge in [-0.2, -0.15) is 0 Å². The summed E-state index contributed by atoms with van der Waals surface area (Å²) in [6, 6.07) is 7.76. The second-order valence-electron chi connectivity index (χ2n) is 7.75. The van der Waals surface area contributed by atoms with Gasteiger partial charge in [-0.1, -0.05) is 6.92 Å². The van der Waals surface area contributed by atoms with Crippen LogP contribution in [0.4, 0.5) is 21.5 Å². The summed E-state index contributed by atoms with van der Waals surface area (Å²) < 4.78 is 15.9. The van der Waals surface area contributed by atoms with Gasteiger partial charge in [0.1, 0.15) is 5.84 Å². The van der Waals surface area contributed by atoms with Crippen molar-refractivity contribution in [3.8, 4) is 0 Å². The monoisotopic (exact) mass is 409 g/mol. The summed E-state index contributed by atoms with van der Waals surface area (Å²) in [5.41, 5.74) is 16.2. The van der Waals surface area contributed by atoms with E-state index in [2.05, 4.69) is 27.1 Å². The fourth-order valence-corrected chi connectivity index (χ4v) is 4.04. The van der Waals surface area contributed by atoms with E-state index in [1.54, 1.807) is 16.8 Å². The molecule has 1 aliphatic rings. The second kappa shape index (κ2) is 8.31. The van der Waals surface area contributed by atoms with Crippen LogP contribution in [0.25, 0.3) is 5.65 Å². The summed E-state index contributed by atoms with van der Waals surface area (Å²) in [5, 5.41) is 3.52. The first-order valence-electron chi connectivity index (χ1n) is 10.3. The highest BCUT2D eigenvalue weighted by Crippen LogP contribution is 2.26. The molecule has 3 aromatic rings. The SMILES string of the molecule is CCNC1CCN(c2ccc(C(N)=Nc3cc(F)c4nc(C)cn4c3)c(N)c2)CC1. The Morgan fingerprint density at radius 2 is 2.03 bits per heavy atom. The number of aromatic nitrogens is 2. The van der Waals surface area contributed by atoms with E-state index in [1.165, 1.54) is 6.07 Å². The van der Waals surface area contributed by atoms with Crippen LogP contribution in [0.15, 0.2) is 41.7 Å². The Bertz CT molecular complexity index is 1080. The third-order valence-corrected chi connectivity index (χ3v) is 5.53. The van der Waals surface area contributed by atoms with Crippen molar-refractivity contribution in [3.05, 3.63) is 53.7 Å². The average molecular weight is 410 g/mol. The van der Waals surface area contributed by atoms with Crippen molar-refractivity contribution in [2.24, 2.45) is 10.7 Å². The molecule has 0 atom stereocenters. The van der Waals surface area contributed by atoms with Gasteiger partial charge >= 0.3 is 0 Å². The number of halogens is 1. The van der Waals surface area contributed by atoms with Crippen LogP contribution in [0.3, 0.4) is 0 Å². The number of nitrogens with two attached hydrogens (primary N) is 2. The van der Waals surface area contributed by atoms with Crippen molar-refractivity contribution < 1.29 is 4.39 Å². The molecule has 158 valence electrons. The Labute approximate surface area is 175 Å². The number of aryl methyl sites for hydroxylation is 1. The molecule has 0 radical (unpaired) electrons. The first-order chi connectivity index (χ1) is 14.4. The molecule has 1 aliphatic heterocycles. The number of nitrogens with one attached hydrogen (secondary N) is 1. The summed E-state index contributed by atoms with van der Waals surface area (Å²) in [7, 11) is 0. The average Bonchev–Trinajstić information content (AvgIpc) is 3.09. The van der Waals surface area contributed by atoms with E-state index in [1.807, 2.05) is 25.1 Å². The molecule has 0 bridgehead atoms. The molecule has 5 N–H and O–H groups in total. The summed E-state index contributed by atoms with van der Waals surface area (Å²) in [5.74, 6) is -0.193. The van der Waals surface area contributed by atoms with E-state index in [0.717, 1.165) is 43.9 Å². The number of imidazole rings is 1. The lowest BCUT2D eigenvalue weighted by atomic mass is 10.0. The standard InChI is InChI=1S/C22H28FN7/c1-3-26-15-6-8-29(9-7-15)17-4-5-18(20(24)11-17)21(25)28-16-10-19(23)22-27-14(2)12-30(22)13-16/h4-5,10-13,15,26H,3,6-9,24H2,1-2H3,(H2,25,28). The smallest absolute Gasteiger partial charge is 0.173 e. The topological polar surface area (TPSA) is 97.0 Å². The molecule has 0 amide bonds. The van der Waals surface area contributed by atoms with Crippen molar-refractivity contribution in [1.29, 1.82) is 0 Å². The Morgan fingerprint density at radius 3 is 2.73 bits per heavy atom. The first kappa shape index (κ1) is 20.2. The van der Waals surface area contributed by atoms with E-state index < -0.39 is 5.82 Å². The Morgan fingerprint density at radius 1 is 1.27 bits per heavy atom. The third kappa shape index (κ3) is 4.09. The fourth-order valence-electron chi connectivity index (χ4n) is 4.04. The van der Waals surface area contributed by atoms with Crippen molar-refractivity contribution in [2.75, 3.05) is 30.3 Å². The number of benzene rings is 1. The number of anilines is 2. The van der Waals surface area contributed by atoms with Crippen molar-refractivity contribution in [2.45, 2.75) is 32.7 Å². The van der Waals surface area contributed by atoms with Crippen LogP contribution in [-0.2, 0) is 0 Å². The van der Waals surface area contributed by atoms with Crippen LogP contribution in [0.2, 0.25) is 0 Å². The maximum Gasteiger partial charge on any atom is 0.173 e. The van der Waals surface area contributed by atoms with E-state index >= 15 is 0 Å². The lowest BCUT2D eigenvalue weighted by Gasteiger charge is -2.34. The van der Waals surface area contributed by atoms with Crippen LogP contribution in [0, 0.1) is 12.7 Å². The van der Waals surface area contributed by atoms with Gasteiger partial charge < -0.3 is 26.1 Å². The third-order valence-electron chi connectivity index (χ3n) is 5.53. The molecule has 7 nitrogen and oxygen atoms in total. The van der Waals surface area contributed by atoms with Crippen molar-refractivity contribution in [3.63, 3.8) is 0 Å². The highest BCUT2D eigenvalue weighted by molar-refractivity contribution is 6.03. The van der Waals surface area contributed by atoms with Crippen LogP contribution in [-0.4, -0.2) is 40.9 Å². The number of hydrogen-bond donors (Lipinski definition) is 3. The maximum absolute atomic E-state index is 14.3. The minimum atomic E-state index is -0.443. The van der Waals surface area contributed by atoms with Crippen LogP contribution in [0.1, 0.15) is 31.0 Å². The van der Waals surface area contributed by atoms with E-state index in [9.17, 15) is 4.39 Å². The number of hydrogen-bond acceptors (Lipinski definition) is 5. The summed E-state index contributed by atoms with van der Waals surface area (Å²) in [6.45, 7) is 6.94. The lowest BCUT2D eigenvalue weighted by molar-refractivity contribution is 0.424. The molecule has 2 aromatic heterocycles. The van der Waals surface area contributed by atoms with Gasteiger partial charge in [-0.3, -0.25) is 0 Å². The molecular weight excluding hydrogens is 381 g/mol. The molecule has 30 heavy (non-hydrogen) atoms. The van der Waals surface area contributed by atoms with Crippen LogP contribution >= 0.6 is 0 Å². The number of nitrogen functional groups attached to an aromatic ring is 1. The highest BCUT2D eigenvalue weighted by Gasteiger charge is 2.19. The molecule has 1 aromatic carbocycles. The zero-order valence-corrected chi connectivity index (χ0v) is 17.4. The maximum atomic E-state index is 14.3. The van der Waals surface area contributed by atoms with Gasteiger partial charge in [-0.25, -0.2) is 14.4 Å². The van der Waals surface area contributed by atoms with E-state index in [4.69, 9.17) is 11.5 Å². The van der Waals surface area contributed by atoms with E-state index in [0.29, 0.717) is 23.0 Å². The minimum Gasteiger partial charge on any atom is -0.398 e. The Balaban J connectivity index is 1.54. The fraction of sp³-hybridized carbons (Fsp3) is 0.364. The molecule has 0 saturated carbocycles. The predicted molar refractivity (Wildman–Crippen MR) is 120 cm³/mol.